The second-order valence-electron chi connectivity index (χ2n) is 5.44. The largest absolute Gasteiger partial charge is 0.480 e. The molecule has 0 saturated carbocycles. The Morgan fingerprint density at radius 1 is 0.679 bits per heavy atom. The zero-order valence-electron chi connectivity index (χ0n) is 14.3. The van der Waals surface area contributed by atoms with Crippen molar-refractivity contribution in [1.29, 1.82) is 0 Å². The van der Waals surface area contributed by atoms with Gasteiger partial charge in [-0.3, -0.25) is 19.2 Å². The standard InChI is InChI=1S/C14H20N2O12/c15-5(11(21)22)1-3-7(17)27-13(25)9(19)10(20)14(26)28-8(18)4-2-6(16)12(23)24/h5-6,9-10,19-20H,1-4,15-16H2,(H,21,22)(H,23,24)/t5-,6-,9?,10?/m0/s1. The van der Waals surface area contributed by atoms with E-state index in [1.165, 1.54) is 0 Å². The van der Waals surface area contributed by atoms with Gasteiger partial charge in [-0.25, -0.2) is 9.59 Å². The molecule has 8 N–H and O–H groups in total. The van der Waals surface area contributed by atoms with E-state index in [2.05, 4.69) is 9.47 Å². The molecular weight excluding hydrogens is 388 g/mol. The summed E-state index contributed by atoms with van der Waals surface area (Å²) in [4.78, 5) is 66.6. The maximum atomic E-state index is 11.5. The van der Waals surface area contributed by atoms with Crippen LogP contribution in [0.15, 0.2) is 0 Å². The molecule has 0 spiro atoms. The molecule has 4 atom stereocenters. The monoisotopic (exact) mass is 408 g/mol. The molecule has 0 bridgehead atoms. The Hall–Kier alpha value is -2.94. The fourth-order valence-corrected chi connectivity index (χ4v) is 1.50. The first kappa shape index (κ1) is 25.1. The van der Waals surface area contributed by atoms with Gasteiger partial charge in [0.05, 0.1) is 0 Å². The number of ether oxygens (including phenoxy) is 2. The number of hydrogen-bond acceptors (Lipinski definition) is 12. The average Bonchev–Trinajstić information content (AvgIpc) is 2.62. The number of aliphatic hydroxyl groups is 2. The third-order valence-corrected chi connectivity index (χ3v) is 3.16. The van der Waals surface area contributed by atoms with E-state index in [0.29, 0.717) is 0 Å². The van der Waals surface area contributed by atoms with Crippen molar-refractivity contribution in [3.63, 3.8) is 0 Å². The minimum absolute atomic E-state index is 0.380. The van der Waals surface area contributed by atoms with Crippen LogP contribution in [0.3, 0.4) is 0 Å². The van der Waals surface area contributed by atoms with Crippen LogP contribution >= 0.6 is 0 Å². The Kier molecular flexibility index (Phi) is 10.5. The van der Waals surface area contributed by atoms with Gasteiger partial charge in [0.15, 0.2) is 12.2 Å². The van der Waals surface area contributed by atoms with Gasteiger partial charge in [0.1, 0.15) is 12.1 Å². The molecule has 0 aliphatic heterocycles. The van der Waals surface area contributed by atoms with Gasteiger partial charge in [-0.2, -0.15) is 0 Å². The molecule has 0 aromatic rings. The Labute approximate surface area is 157 Å². The number of esters is 4. The summed E-state index contributed by atoms with van der Waals surface area (Å²) < 4.78 is 8.23. The Morgan fingerprint density at radius 2 is 0.964 bits per heavy atom. The van der Waals surface area contributed by atoms with E-state index in [1.54, 1.807) is 0 Å². The van der Waals surface area contributed by atoms with Crippen molar-refractivity contribution in [3.8, 4) is 0 Å². The molecule has 0 heterocycles. The van der Waals surface area contributed by atoms with Crippen molar-refractivity contribution >= 4 is 35.8 Å². The Bertz CT molecular complexity index is 580. The highest BCUT2D eigenvalue weighted by atomic mass is 16.6. The molecule has 158 valence electrons. The fraction of sp³-hybridized carbons (Fsp3) is 0.571. The van der Waals surface area contributed by atoms with Crippen LogP contribution in [0.2, 0.25) is 0 Å². The van der Waals surface area contributed by atoms with Crippen LogP contribution in [0.25, 0.3) is 0 Å². The van der Waals surface area contributed by atoms with Crippen molar-refractivity contribution in [3.05, 3.63) is 0 Å². The number of hydrogen-bond donors (Lipinski definition) is 6. The minimum atomic E-state index is -2.58. The number of carbonyl (C=O) groups is 6. The van der Waals surface area contributed by atoms with Crippen LogP contribution in [-0.4, -0.2) is 80.5 Å². The van der Waals surface area contributed by atoms with Crippen molar-refractivity contribution in [2.45, 2.75) is 50.0 Å². The molecule has 0 aliphatic rings. The zero-order valence-corrected chi connectivity index (χ0v) is 14.3. The Balaban J connectivity index is 4.48. The highest BCUT2D eigenvalue weighted by Gasteiger charge is 2.35. The van der Waals surface area contributed by atoms with E-state index in [1.807, 2.05) is 0 Å². The van der Waals surface area contributed by atoms with Gasteiger partial charge >= 0.3 is 35.8 Å². The summed E-state index contributed by atoms with van der Waals surface area (Å²) in [5.41, 5.74) is 10.3. The van der Waals surface area contributed by atoms with Crippen LogP contribution in [0.4, 0.5) is 0 Å². The lowest BCUT2D eigenvalue weighted by atomic mass is 10.1. The number of nitrogens with two attached hydrogens (primary N) is 2. The molecule has 0 amide bonds. The van der Waals surface area contributed by atoms with E-state index >= 15 is 0 Å². The summed E-state index contributed by atoms with van der Waals surface area (Å²) in [7, 11) is 0. The van der Waals surface area contributed by atoms with Crippen LogP contribution in [-0.2, 0) is 38.2 Å². The highest BCUT2D eigenvalue weighted by molar-refractivity contribution is 5.94. The molecule has 0 aromatic carbocycles. The maximum Gasteiger partial charge on any atom is 0.346 e. The lowest BCUT2D eigenvalue weighted by molar-refractivity contribution is -0.181. The number of carbonyl (C=O) groups excluding carboxylic acids is 4. The normalized spacial score (nSPS) is 14.9. The molecule has 0 saturated heterocycles. The van der Waals surface area contributed by atoms with E-state index in [4.69, 9.17) is 21.7 Å². The second-order valence-corrected chi connectivity index (χ2v) is 5.44. The highest BCUT2D eigenvalue weighted by Crippen LogP contribution is 2.05. The van der Waals surface area contributed by atoms with Crippen LogP contribution < -0.4 is 11.5 Å². The number of aliphatic hydroxyl groups excluding tert-OH is 2. The van der Waals surface area contributed by atoms with Crippen molar-refractivity contribution < 1.29 is 58.7 Å². The quantitative estimate of drug-likeness (QED) is 0.142. The maximum absolute atomic E-state index is 11.5. The first-order valence-corrected chi connectivity index (χ1v) is 7.68. The third-order valence-electron chi connectivity index (χ3n) is 3.16. The van der Waals surface area contributed by atoms with Crippen molar-refractivity contribution in [1.82, 2.24) is 0 Å². The number of aliphatic carboxylic acids is 2. The van der Waals surface area contributed by atoms with E-state index in [9.17, 15) is 39.0 Å². The molecule has 0 aliphatic carbocycles. The van der Waals surface area contributed by atoms with Crippen LogP contribution in [0, 0.1) is 0 Å². The molecule has 0 aromatic heterocycles. The molecule has 0 radical (unpaired) electrons. The second kappa shape index (κ2) is 11.7. The molecule has 0 fully saturated rings. The molecule has 28 heavy (non-hydrogen) atoms. The van der Waals surface area contributed by atoms with E-state index in [-0.39, 0.29) is 12.8 Å². The van der Waals surface area contributed by atoms with Gasteiger partial charge in [-0.05, 0) is 12.8 Å². The molecular formula is C14H20N2O12. The molecule has 0 rings (SSSR count). The van der Waals surface area contributed by atoms with Gasteiger partial charge < -0.3 is 41.4 Å². The van der Waals surface area contributed by atoms with Crippen LogP contribution in [0.1, 0.15) is 25.7 Å². The summed E-state index contributed by atoms with van der Waals surface area (Å²) in [6.07, 6.45) is -7.13. The van der Waals surface area contributed by atoms with E-state index < -0.39 is 72.9 Å². The number of carboxylic acids is 2. The van der Waals surface area contributed by atoms with Crippen molar-refractivity contribution in [2.24, 2.45) is 11.5 Å². The first-order chi connectivity index (χ1) is 12.9. The van der Waals surface area contributed by atoms with Gasteiger partial charge in [0.25, 0.3) is 0 Å². The molecule has 2 unspecified atom stereocenters. The fourth-order valence-electron chi connectivity index (χ4n) is 1.50. The topological polar surface area (TPSA) is 254 Å². The van der Waals surface area contributed by atoms with Gasteiger partial charge in [-0.1, -0.05) is 0 Å². The average molecular weight is 408 g/mol. The lowest BCUT2D eigenvalue weighted by Crippen LogP contribution is -2.43. The molecule has 14 heteroatoms. The number of carboxylic acid groups (broad SMARTS) is 2. The lowest BCUT2D eigenvalue weighted by Gasteiger charge is -2.15. The SMILES string of the molecule is N[C@@H](CCC(=O)OC(=O)C(O)C(O)C(=O)OC(=O)CC[C@H](N)C(=O)O)C(=O)O. The van der Waals surface area contributed by atoms with Gasteiger partial charge in [0, 0.05) is 12.8 Å². The third kappa shape index (κ3) is 9.13. The smallest absolute Gasteiger partial charge is 0.346 e. The summed E-state index contributed by atoms with van der Waals surface area (Å²) in [6.45, 7) is 0. The molecule has 14 nitrogen and oxygen atoms in total. The van der Waals surface area contributed by atoms with E-state index in [0.717, 1.165) is 0 Å². The van der Waals surface area contributed by atoms with Gasteiger partial charge in [-0.15, -0.1) is 0 Å². The summed E-state index contributed by atoms with van der Waals surface area (Å²) in [6, 6.07) is -2.79. The van der Waals surface area contributed by atoms with Crippen molar-refractivity contribution in [2.75, 3.05) is 0 Å². The van der Waals surface area contributed by atoms with Gasteiger partial charge in [0.2, 0.25) is 0 Å². The summed E-state index contributed by atoms with van der Waals surface area (Å²) in [5, 5.41) is 36.0. The predicted molar refractivity (Wildman–Crippen MR) is 83.9 cm³/mol. The van der Waals surface area contributed by atoms with Crippen LogP contribution in [0.5, 0.6) is 0 Å². The zero-order chi connectivity index (χ0) is 22.0. The summed E-state index contributed by atoms with van der Waals surface area (Å²) in [5.74, 6) is -8.85. The first-order valence-electron chi connectivity index (χ1n) is 7.68. The number of rotatable bonds is 11. The Morgan fingerprint density at radius 3 is 1.21 bits per heavy atom. The minimum Gasteiger partial charge on any atom is -0.480 e. The predicted octanol–water partition coefficient (Wildman–Crippen LogP) is -3.77. The summed E-state index contributed by atoms with van der Waals surface area (Å²) >= 11 is 0.